The molecule has 0 aliphatic carbocycles. The average Bonchev–Trinajstić information content (AvgIpc) is 2.62. The Kier molecular flexibility index (Phi) is 3.33. The molecular weight excluding hydrogens is 252 g/mol. The fourth-order valence-corrected chi connectivity index (χ4v) is 2.01. The van der Waals surface area contributed by atoms with Crippen LogP contribution in [0.5, 0.6) is 0 Å². The second kappa shape index (κ2) is 4.77. The number of aryl methyl sites for hydroxylation is 1. The van der Waals surface area contributed by atoms with Crippen LogP contribution >= 0.6 is 0 Å². The number of benzene rings is 1. The Morgan fingerprint density at radius 3 is 2.83 bits per heavy atom. The predicted octanol–water partition coefficient (Wildman–Crippen LogP) is 1.01. The number of nitrogens with zero attached hydrogens (tertiary/aromatic N) is 3. The van der Waals surface area contributed by atoms with Crippen LogP contribution in [0.25, 0.3) is 0 Å². The number of rotatable bonds is 4. The van der Waals surface area contributed by atoms with Crippen molar-refractivity contribution in [1.82, 2.24) is 14.8 Å². The second-order valence-corrected chi connectivity index (χ2v) is 5.88. The molecule has 0 fully saturated rings. The van der Waals surface area contributed by atoms with Gasteiger partial charge < -0.3 is 0 Å². The summed E-state index contributed by atoms with van der Waals surface area (Å²) in [6.07, 6.45) is 2.56. The van der Waals surface area contributed by atoms with E-state index < -0.39 is 10.0 Å². The van der Waals surface area contributed by atoms with Crippen molar-refractivity contribution in [1.29, 1.82) is 0 Å². The van der Waals surface area contributed by atoms with Gasteiger partial charge in [0.25, 0.3) is 5.95 Å². The lowest BCUT2D eigenvalue weighted by Crippen LogP contribution is -2.11. The summed E-state index contributed by atoms with van der Waals surface area (Å²) in [6.45, 7) is 2.57. The van der Waals surface area contributed by atoms with Gasteiger partial charge in [0, 0.05) is 0 Å². The lowest BCUT2D eigenvalue weighted by Gasteiger charge is -2.02. The van der Waals surface area contributed by atoms with Gasteiger partial charge in [-0.25, -0.2) is 13.1 Å². The Balaban J connectivity index is 2.12. The van der Waals surface area contributed by atoms with Crippen molar-refractivity contribution in [3.8, 4) is 0 Å². The van der Waals surface area contributed by atoms with E-state index in [1.165, 1.54) is 11.9 Å². The van der Waals surface area contributed by atoms with Crippen LogP contribution in [0.15, 0.2) is 30.6 Å². The fourth-order valence-electron chi connectivity index (χ4n) is 1.58. The summed E-state index contributed by atoms with van der Waals surface area (Å²) < 4.78 is 25.8. The Morgan fingerprint density at radius 1 is 1.39 bits per heavy atom. The van der Waals surface area contributed by atoms with Gasteiger partial charge >= 0.3 is 0 Å². The van der Waals surface area contributed by atoms with Crippen molar-refractivity contribution in [3.05, 3.63) is 41.7 Å². The Bertz CT molecular complexity index is 649. The lowest BCUT2D eigenvalue weighted by molar-refractivity contribution is 0.606. The lowest BCUT2D eigenvalue weighted by atomic mass is 10.1. The van der Waals surface area contributed by atoms with Crippen molar-refractivity contribution in [2.24, 2.45) is 0 Å². The summed E-state index contributed by atoms with van der Waals surface area (Å²) in [5.41, 5.74) is 2.26. The third-order valence-corrected chi connectivity index (χ3v) is 2.79. The maximum atomic E-state index is 11.0. The Hall–Kier alpha value is -1.89. The number of hydrogen-bond donors (Lipinski definition) is 1. The summed E-state index contributed by atoms with van der Waals surface area (Å²) in [5.74, 6) is 0.0881. The molecule has 0 atom stereocenters. The van der Waals surface area contributed by atoms with Gasteiger partial charge in [-0.1, -0.05) is 29.8 Å². The van der Waals surface area contributed by atoms with Crippen LogP contribution in [0.1, 0.15) is 11.1 Å². The van der Waals surface area contributed by atoms with E-state index >= 15 is 0 Å². The first-order valence-electron chi connectivity index (χ1n) is 5.35. The van der Waals surface area contributed by atoms with Crippen LogP contribution in [0.4, 0.5) is 5.95 Å². The topological polar surface area (TPSA) is 76.9 Å². The number of anilines is 1. The number of aromatic nitrogens is 3. The van der Waals surface area contributed by atoms with E-state index in [0.29, 0.717) is 6.54 Å². The Morgan fingerprint density at radius 2 is 2.17 bits per heavy atom. The molecule has 0 amide bonds. The second-order valence-electron chi connectivity index (χ2n) is 4.13. The highest BCUT2D eigenvalue weighted by molar-refractivity contribution is 7.91. The molecule has 0 saturated carbocycles. The van der Waals surface area contributed by atoms with Crippen molar-refractivity contribution in [3.63, 3.8) is 0 Å². The summed E-state index contributed by atoms with van der Waals surface area (Å²) in [7, 11) is -3.33. The third-order valence-electron chi connectivity index (χ3n) is 2.24. The largest absolute Gasteiger partial charge is 0.255 e. The Labute approximate surface area is 106 Å². The molecule has 18 heavy (non-hydrogen) atoms. The van der Waals surface area contributed by atoms with Crippen LogP contribution in [0, 0.1) is 6.92 Å². The molecule has 6 nitrogen and oxygen atoms in total. The molecule has 1 N–H and O–H groups in total. The molecular formula is C11H14N4O2S. The molecule has 1 heterocycles. The molecule has 7 heteroatoms. The first-order chi connectivity index (χ1) is 8.42. The molecule has 0 saturated heterocycles. The maximum absolute atomic E-state index is 11.0. The van der Waals surface area contributed by atoms with Crippen molar-refractivity contribution >= 4 is 16.0 Å². The molecule has 2 aromatic rings. The van der Waals surface area contributed by atoms with Gasteiger partial charge in [0.2, 0.25) is 10.0 Å². The molecule has 1 aromatic carbocycles. The van der Waals surface area contributed by atoms with Gasteiger partial charge in [0.15, 0.2) is 0 Å². The summed E-state index contributed by atoms with van der Waals surface area (Å²) in [6, 6.07) is 8.02. The van der Waals surface area contributed by atoms with Gasteiger partial charge in [-0.15, -0.1) is 5.10 Å². The van der Waals surface area contributed by atoms with Gasteiger partial charge in [-0.2, -0.15) is 4.98 Å². The first kappa shape index (κ1) is 12.6. The average molecular weight is 266 g/mol. The van der Waals surface area contributed by atoms with Crippen LogP contribution in [-0.4, -0.2) is 29.4 Å². The van der Waals surface area contributed by atoms with E-state index in [4.69, 9.17) is 0 Å². The molecule has 0 spiro atoms. The zero-order chi connectivity index (χ0) is 13.2. The van der Waals surface area contributed by atoms with E-state index in [9.17, 15) is 8.42 Å². The summed E-state index contributed by atoms with van der Waals surface area (Å²) in [4.78, 5) is 3.88. The standard InChI is InChI=1S/C11H14N4O2S/c1-9-4-3-5-10(6-9)7-15-8-12-11(13-15)14-18(2,16)17/h3-6,8H,7H2,1-2H3,(H,13,14). The van der Waals surface area contributed by atoms with Crippen LogP contribution in [0.3, 0.4) is 0 Å². The van der Waals surface area contributed by atoms with Crippen molar-refractivity contribution in [2.75, 3.05) is 11.0 Å². The van der Waals surface area contributed by atoms with Gasteiger partial charge in [-0.3, -0.25) is 4.72 Å². The highest BCUT2D eigenvalue weighted by Crippen LogP contribution is 2.07. The normalized spacial score (nSPS) is 11.4. The van der Waals surface area contributed by atoms with E-state index in [2.05, 4.69) is 14.8 Å². The molecule has 1 aromatic heterocycles. The summed E-state index contributed by atoms with van der Waals surface area (Å²) >= 11 is 0. The van der Waals surface area contributed by atoms with E-state index in [1.807, 2.05) is 31.2 Å². The molecule has 96 valence electrons. The summed E-state index contributed by atoms with van der Waals surface area (Å²) in [5, 5.41) is 4.04. The van der Waals surface area contributed by atoms with Crippen molar-refractivity contribution < 1.29 is 8.42 Å². The zero-order valence-corrected chi connectivity index (χ0v) is 11.0. The number of hydrogen-bond acceptors (Lipinski definition) is 4. The van der Waals surface area contributed by atoms with Crippen LogP contribution in [0.2, 0.25) is 0 Å². The fraction of sp³-hybridized carbons (Fsp3) is 0.273. The minimum atomic E-state index is -3.33. The van der Waals surface area contributed by atoms with E-state index in [-0.39, 0.29) is 5.95 Å². The minimum absolute atomic E-state index is 0.0881. The molecule has 0 aliphatic rings. The van der Waals surface area contributed by atoms with Crippen molar-refractivity contribution in [2.45, 2.75) is 13.5 Å². The monoisotopic (exact) mass is 266 g/mol. The van der Waals surface area contributed by atoms with E-state index in [0.717, 1.165) is 11.8 Å². The number of sulfonamides is 1. The molecule has 0 aliphatic heterocycles. The highest BCUT2D eigenvalue weighted by atomic mass is 32.2. The van der Waals surface area contributed by atoms with Gasteiger partial charge in [-0.05, 0) is 12.5 Å². The van der Waals surface area contributed by atoms with Gasteiger partial charge in [0.1, 0.15) is 6.33 Å². The van der Waals surface area contributed by atoms with Crippen LogP contribution in [-0.2, 0) is 16.6 Å². The zero-order valence-electron chi connectivity index (χ0n) is 10.2. The highest BCUT2D eigenvalue weighted by Gasteiger charge is 2.06. The SMILES string of the molecule is Cc1cccc(Cn2cnc(NS(C)(=O)=O)n2)c1. The molecule has 0 unspecified atom stereocenters. The molecule has 0 radical (unpaired) electrons. The smallest absolute Gasteiger partial charge is 0.250 e. The minimum Gasteiger partial charge on any atom is -0.250 e. The van der Waals surface area contributed by atoms with Gasteiger partial charge in [0.05, 0.1) is 12.8 Å². The first-order valence-corrected chi connectivity index (χ1v) is 7.24. The number of nitrogens with one attached hydrogen (secondary N) is 1. The molecule has 0 bridgehead atoms. The van der Waals surface area contributed by atoms with Crippen LogP contribution < -0.4 is 4.72 Å². The van der Waals surface area contributed by atoms with E-state index in [1.54, 1.807) is 4.68 Å². The predicted molar refractivity (Wildman–Crippen MR) is 68.8 cm³/mol. The quantitative estimate of drug-likeness (QED) is 0.895. The third kappa shape index (κ3) is 3.56. The maximum Gasteiger partial charge on any atom is 0.255 e. The molecule has 2 rings (SSSR count).